The zero-order valence-corrected chi connectivity index (χ0v) is 14.7. The molecule has 0 aliphatic carbocycles. The van der Waals surface area contributed by atoms with Crippen molar-refractivity contribution in [1.82, 2.24) is 0 Å². The Morgan fingerprint density at radius 1 is 1.08 bits per heavy atom. The highest BCUT2D eigenvalue weighted by atomic mass is 32.1. The summed E-state index contributed by atoms with van der Waals surface area (Å²) in [5.74, 6) is -0.316. The maximum Gasteiger partial charge on any atom is 0.341 e. The van der Waals surface area contributed by atoms with E-state index < -0.39 is 5.97 Å². The first kappa shape index (κ1) is 17.0. The molecule has 6 heteroatoms. The van der Waals surface area contributed by atoms with E-state index in [0.29, 0.717) is 21.9 Å². The summed E-state index contributed by atoms with van der Waals surface area (Å²) in [4.78, 5) is 25.1. The van der Waals surface area contributed by atoms with Crippen molar-refractivity contribution in [2.45, 2.75) is 6.92 Å². The Kier molecular flexibility index (Phi) is 5.00. The van der Waals surface area contributed by atoms with E-state index in [-0.39, 0.29) is 12.5 Å². The monoisotopic (exact) mass is 355 g/mol. The van der Waals surface area contributed by atoms with Crippen molar-refractivity contribution in [3.63, 3.8) is 0 Å². The number of carbonyl (C=O) groups is 2. The summed E-state index contributed by atoms with van der Waals surface area (Å²) in [6.45, 7) is 2.02. The Morgan fingerprint density at radius 2 is 1.80 bits per heavy atom. The zero-order chi connectivity index (χ0) is 17.8. The topological polar surface area (TPSA) is 64.6 Å². The van der Waals surface area contributed by atoms with Crippen molar-refractivity contribution >= 4 is 38.3 Å². The van der Waals surface area contributed by atoms with E-state index in [1.807, 2.05) is 24.3 Å². The number of hydrogen-bond donors (Lipinski definition) is 1. The summed E-state index contributed by atoms with van der Waals surface area (Å²) in [6, 6.07) is 14.4. The minimum absolute atomic E-state index is 0.267. The summed E-state index contributed by atoms with van der Waals surface area (Å²) < 4.78 is 11.3. The number of thiophene rings is 1. The molecule has 5 nitrogen and oxygen atoms in total. The van der Waals surface area contributed by atoms with Crippen molar-refractivity contribution in [2.24, 2.45) is 0 Å². The normalized spacial score (nSPS) is 10.5. The van der Waals surface area contributed by atoms with Gasteiger partial charge in [-0.25, -0.2) is 4.79 Å². The fraction of sp³-hybridized carbons (Fsp3) is 0.158. The summed E-state index contributed by atoms with van der Waals surface area (Å²) in [5, 5.41) is 4.06. The molecule has 0 aliphatic heterocycles. The largest absolute Gasteiger partial charge is 0.496 e. The van der Waals surface area contributed by atoms with Crippen molar-refractivity contribution in [1.29, 1.82) is 0 Å². The van der Waals surface area contributed by atoms with Crippen molar-refractivity contribution < 1.29 is 19.1 Å². The predicted molar refractivity (Wildman–Crippen MR) is 98.7 cm³/mol. The highest BCUT2D eigenvalue weighted by Gasteiger charge is 2.22. The van der Waals surface area contributed by atoms with Crippen LogP contribution in [0.3, 0.4) is 0 Å². The van der Waals surface area contributed by atoms with Gasteiger partial charge in [-0.1, -0.05) is 30.3 Å². The van der Waals surface area contributed by atoms with E-state index in [2.05, 4.69) is 5.32 Å². The molecule has 3 aromatic rings. The quantitative estimate of drug-likeness (QED) is 0.692. The second-order valence-corrected chi connectivity index (χ2v) is 6.23. The summed E-state index contributed by atoms with van der Waals surface area (Å²) in [7, 11) is 1.51. The third-order valence-corrected chi connectivity index (χ3v) is 4.74. The predicted octanol–water partition coefficient (Wildman–Crippen LogP) is 4.34. The molecule has 0 fully saturated rings. The molecule has 0 bridgehead atoms. The molecular formula is C19H17NO4S. The standard InChI is InChI=1S/C19H17NO4S/c1-3-24-19(22)16-13-9-5-7-11-15(13)25-18(16)20-17(21)12-8-4-6-10-14(12)23-2/h4-11H,3H2,1-2H3,(H,20,21). The van der Waals surface area contributed by atoms with Crippen LogP contribution in [0.25, 0.3) is 10.1 Å². The molecule has 0 spiro atoms. The number of ether oxygens (including phenoxy) is 2. The van der Waals surface area contributed by atoms with E-state index in [1.54, 1.807) is 31.2 Å². The number of methoxy groups -OCH3 is 1. The van der Waals surface area contributed by atoms with E-state index >= 15 is 0 Å². The number of fused-ring (bicyclic) bond motifs is 1. The zero-order valence-electron chi connectivity index (χ0n) is 13.9. The van der Waals surface area contributed by atoms with Gasteiger partial charge in [0.1, 0.15) is 16.3 Å². The summed E-state index contributed by atoms with van der Waals surface area (Å²) in [6.07, 6.45) is 0. The molecule has 25 heavy (non-hydrogen) atoms. The van der Waals surface area contributed by atoms with Crippen LogP contribution in [-0.2, 0) is 4.74 Å². The van der Waals surface area contributed by atoms with Gasteiger partial charge in [-0.05, 0) is 25.1 Å². The first-order valence-corrected chi connectivity index (χ1v) is 8.60. The van der Waals surface area contributed by atoms with E-state index in [9.17, 15) is 9.59 Å². The van der Waals surface area contributed by atoms with Gasteiger partial charge in [0, 0.05) is 10.1 Å². The van der Waals surface area contributed by atoms with Gasteiger partial charge in [-0.2, -0.15) is 0 Å². The number of nitrogens with one attached hydrogen (secondary N) is 1. The van der Waals surface area contributed by atoms with E-state index in [0.717, 1.165) is 10.1 Å². The van der Waals surface area contributed by atoms with Crippen LogP contribution in [0.1, 0.15) is 27.6 Å². The Labute approximate surface area is 149 Å². The van der Waals surface area contributed by atoms with Gasteiger partial charge in [0.25, 0.3) is 5.91 Å². The maximum absolute atomic E-state index is 12.7. The van der Waals surface area contributed by atoms with Crippen molar-refractivity contribution in [3.8, 4) is 5.75 Å². The fourth-order valence-electron chi connectivity index (χ4n) is 2.54. The molecule has 0 atom stereocenters. The molecule has 1 aromatic heterocycles. The second-order valence-electron chi connectivity index (χ2n) is 5.18. The number of esters is 1. The maximum atomic E-state index is 12.7. The van der Waals surface area contributed by atoms with E-state index in [1.165, 1.54) is 18.4 Å². The lowest BCUT2D eigenvalue weighted by Crippen LogP contribution is -2.15. The molecule has 2 aromatic carbocycles. The molecule has 128 valence electrons. The summed E-state index contributed by atoms with van der Waals surface area (Å²) >= 11 is 1.34. The van der Waals surface area contributed by atoms with Gasteiger partial charge in [-0.15, -0.1) is 11.3 Å². The van der Waals surface area contributed by atoms with Gasteiger partial charge in [0.15, 0.2) is 0 Å². The molecule has 1 heterocycles. The first-order chi connectivity index (χ1) is 12.2. The third kappa shape index (κ3) is 3.34. The van der Waals surface area contributed by atoms with Crippen LogP contribution in [0.4, 0.5) is 5.00 Å². The average molecular weight is 355 g/mol. The van der Waals surface area contributed by atoms with E-state index in [4.69, 9.17) is 9.47 Å². The molecule has 0 aliphatic rings. The van der Waals surface area contributed by atoms with Crippen LogP contribution in [0.2, 0.25) is 0 Å². The second kappa shape index (κ2) is 7.36. The molecule has 1 amide bonds. The highest BCUT2D eigenvalue weighted by Crippen LogP contribution is 2.36. The number of benzene rings is 2. The Hall–Kier alpha value is -2.86. The number of para-hydroxylation sites is 1. The van der Waals surface area contributed by atoms with Crippen LogP contribution in [0.15, 0.2) is 48.5 Å². The van der Waals surface area contributed by atoms with Crippen LogP contribution in [-0.4, -0.2) is 25.6 Å². The smallest absolute Gasteiger partial charge is 0.341 e. The molecule has 1 N–H and O–H groups in total. The van der Waals surface area contributed by atoms with Crippen LogP contribution in [0, 0.1) is 0 Å². The third-order valence-electron chi connectivity index (χ3n) is 3.65. The van der Waals surface area contributed by atoms with Gasteiger partial charge in [-0.3, -0.25) is 4.79 Å². The lowest BCUT2D eigenvalue weighted by atomic mass is 10.1. The number of carbonyl (C=O) groups excluding carboxylic acids is 2. The van der Waals surface area contributed by atoms with Gasteiger partial charge >= 0.3 is 5.97 Å². The van der Waals surface area contributed by atoms with Crippen molar-refractivity contribution in [3.05, 3.63) is 59.7 Å². The van der Waals surface area contributed by atoms with Crippen molar-refractivity contribution in [2.75, 3.05) is 19.0 Å². The Bertz CT molecular complexity index is 932. The van der Waals surface area contributed by atoms with Crippen LogP contribution in [0.5, 0.6) is 5.75 Å². The fourth-order valence-corrected chi connectivity index (χ4v) is 3.63. The lowest BCUT2D eigenvalue weighted by molar-refractivity contribution is 0.0530. The number of hydrogen-bond acceptors (Lipinski definition) is 5. The molecule has 3 rings (SSSR count). The Morgan fingerprint density at radius 3 is 2.56 bits per heavy atom. The molecule has 0 radical (unpaired) electrons. The van der Waals surface area contributed by atoms with Gasteiger partial charge in [0.2, 0.25) is 0 Å². The average Bonchev–Trinajstić information content (AvgIpc) is 2.99. The minimum atomic E-state index is -0.449. The SMILES string of the molecule is CCOC(=O)c1c(NC(=O)c2ccccc2OC)sc2ccccc12. The molecule has 0 unspecified atom stereocenters. The van der Waals surface area contributed by atoms with Gasteiger partial charge in [0.05, 0.1) is 19.3 Å². The number of amides is 1. The van der Waals surface area contributed by atoms with Crippen LogP contribution >= 0.6 is 11.3 Å². The van der Waals surface area contributed by atoms with Crippen LogP contribution < -0.4 is 10.1 Å². The number of anilines is 1. The molecule has 0 saturated carbocycles. The molecule has 0 saturated heterocycles. The highest BCUT2D eigenvalue weighted by molar-refractivity contribution is 7.23. The number of rotatable bonds is 5. The molecular weight excluding hydrogens is 338 g/mol. The first-order valence-electron chi connectivity index (χ1n) is 7.78. The lowest BCUT2D eigenvalue weighted by Gasteiger charge is -2.09. The summed E-state index contributed by atoms with van der Waals surface area (Å²) in [5.41, 5.74) is 0.781. The minimum Gasteiger partial charge on any atom is -0.496 e. The van der Waals surface area contributed by atoms with Gasteiger partial charge < -0.3 is 14.8 Å². The Balaban J connectivity index is 2.02.